The third-order valence-electron chi connectivity index (χ3n) is 12.2. The van der Waals surface area contributed by atoms with E-state index in [4.69, 9.17) is 0 Å². The van der Waals surface area contributed by atoms with Gasteiger partial charge in [-0.1, -0.05) is 0 Å². The first-order valence-corrected chi connectivity index (χ1v) is 31.3. The monoisotopic (exact) mass is 1300 g/mol. The van der Waals surface area contributed by atoms with Crippen LogP contribution in [0.2, 0.25) is 0 Å². The second-order valence-electron chi connectivity index (χ2n) is 18.1. The van der Waals surface area contributed by atoms with Gasteiger partial charge in [-0.3, -0.25) is 46.5 Å². The fourth-order valence-corrected chi connectivity index (χ4v) is 12.7. The molecule has 0 aliphatic heterocycles. The quantitative estimate of drug-likeness (QED) is 0.0462. The minimum Gasteiger partial charge on any atom is -0.344 e. The van der Waals surface area contributed by atoms with Crippen LogP contribution in [0.3, 0.4) is 0 Å². The van der Waals surface area contributed by atoms with Crippen LogP contribution in [0.15, 0.2) is 127 Å². The van der Waals surface area contributed by atoms with E-state index in [-0.39, 0.29) is 75.1 Å². The van der Waals surface area contributed by atoms with Crippen molar-refractivity contribution in [2.45, 2.75) is 29.4 Å². The number of urea groups is 1. The molecule has 4 aromatic carbocycles. The number of anilines is 6. The fourth-order valence-electron chi connectivity index (χ4n) is 8.64. The predicted molar refractivity (Wildman–Crippen MR) is 293 cm³/mol. The smallest absolute Gasteiger partial charge is 0.344 e. The van der Waals surface area contributed by atoms with Gasteiger partial charge in [-0.2, -0.15) is 50.5 Å². The molecular weight excluding hydrogens is 1260 g/mol. The average molecular weight is 1300 g/mol. The molecule has 12 N–H and O–H groups in total. The Morgan fingerprint density at radius 3 is 0.859 bits per heavy atom. The van der Waals surface area contributed by atoms with E-state index in [0.29, 0.717) is 36.4 Å². The van der Waals surface area contributed by atoms with E-state index in [1.807, 2.05) is 0 Å². The molecule has 4 heterocycles. The summed E-state index contributed by atoms with van der Waals surface area (Å²) >= 11 is 0. The molecule has 0 radical (unpaired) electrons. The van der Waals surface area contributed by atoms with Crippen molar-refractivity contribution in [3.63, 3.8) is 0 Å². The number of benzene rings is 4. The average Bonchev–Trinajstić information content (AvgIpc) is 2.35. The van der Waals surface area contributed by atoms with Crippen LogP contribution in [0.4, 0.5) is 38.9 Å². The molecule has 6 amide bonds. The maximum atomic E-state index is 13.6. The molecule has 0 bridgehead atoms. The van der Waals surface area contributed by atoms with Crippen molar-refractivity contribution >= 4 is 146 Å². The molecule has 0 saturated heterocycles. The van der Waals surface area contributed by atoms with Crippen molar-refractivity contribution in [1.82, 2.24) is 18.3 Å². The van der Waals surface area contributed by atoms with Gasteiger partial charge in [0.15, 0.2) is 0 Å². The van der Waals surface area contributed by atoms with E-state index in [1.165, 1.54) is 83.4 Å². The number of rotatable bonds is 16. The van der Waals surface area contributed by atoms with Gasteiger partial charge in [0.25, 0.3) is 84.3 Å². The molecule has 40 heteroatoms. The number of nitrogens with zero attached hydrogens (tertiary/aromatic N) is 4. The van der Waals surface area contributed by atoms with E-state index in [1.54, 1.807) is 0 Å². The van der Waals surface area contributed by atoms with Gasteiger partial charge in [0, 0.05) is 74.5 Å². The van der Waals surface area contributed by atoms with Crippen molar-refractivity contribution in [3.8, 4) is 0 Å². The Hall–Kier alpha value is -7.87. The summed E-state index contributed by atoms with van der Waals surface area (Å²) in [5.41, 5.74) is -1.40. The molecule has 4 aromatic heterocycles. The summed E-state index contributed by atoms with van der Waals surface area (Å²) in [5.74, 6) is -3.62. The van der Waals surface area contributed by atoms with Crippen LogP contribution in [0.25, 0.3) is 21.5 Å². The van der Waals surface area contributed by atoms with Crippen molar-refractivity contribution in [3.05, 3.63) is 120 Å². The van der Waals surface area contributed by atoms with Crippen LogP contribution in [0.1, 0.15) is 42.0 Å². The van der Waals surface area contributed by atoms with Crippen molar-refractivity contribution in [1.29, 1.82) is 0 Å². The molecule has 8 rings (SSSR count). The largest absolute Gasteiger partial charge is 1.00 e. The topological polar surface area (TPSA) is 503 Å². The van der Waals surface area contributed by atoms with Gasteiger partial charge in [0.2, 0.25) is 0 Å². The summed E-state index contributed by atoms with van der Waals surface area (Å²) in [7, 11) is -26.2. The van der Waals surface area contributed by atoms with Gasteiger partial charge in [0.05, 0.1) is 43.9 Å². The van der Waals surface area contributed by atoms with Crippen LogP contribution in [-0.2, 0) is 88.9 Å². The van der Waals surface area contributed by atoms with Gasteiger partial charge in [-0.25, -0.2) is 4.79 Å². The SMILES string of the molecule is Cn1cc(NC(=O)Nc2cc(C(=O)Nc3cc(C(=O)Nc4ccc(S(=O)(=O)O)c5cc(S(=O)(=O)O)cc(S(=O)(=O)O)c45)n(C)c3)n(C)c2)cc1C(=O)Nc1cc(C(=O)Nc2ccc(S(=O)(=O)O)c3cc(S(=O)(=O)O)cc(S(=O)(=O)O)c23)n(C)c1.[Na+]. The van der Waals surface area contributed by atoms with E-state index in [9.17, 15) is 102 Å². The Morgan fingerprint density at radius 2 is 0.600 bits per heavy atom. The molecule has 444 valence electrons. The summed E-state index contributed by atoms with van der Waals surface area (Å²) in [6, 6.07) is 8.60. The van der Waals surface area contributed by atoms with Crippen molar-refractivity contribution < 1.29 is 131 Å². The fraction of sp³-hybridized carbons (Fsp3) is 0.0889. The first kappa shape index (κ1) is 64.7. The van der Waals surface area contributed by atoms with Gasteiger partial charge in [0.1, 0.15) is 42.4 Å². The minimum absolute atomic E-state index is 0. The number of aromatic nitrogens is 4. The molecule has 0 aliphatic carbocycles. The molecule has 0 fully saturated rings. The molecular formula is C45H40N10NaO23S6+. The zero-order valence-corrected chi connectivity index (χ0v) is 50.5. The summed E-state index contributed by atoms with van der Waals surface area (Å²) in [6.45, 7) is 0. The van der Waals surface area contributed by atoms with E-state index >= 15 is 0 Å². The Balaban J connectivity index is 0.0000104. The van der Waals surface area contributed by atoms with Crippen LogP contribution in [0, 0.1) is 0 Å². The predicted octanol–water partition coefficient (Wildman–Crippen LogP) is 0.484. The van der Waals surface area contributed by atoms with E-state index in [2.05, 4.69) is 31.9 Å². The third-order valence-corrected chi connectivity index (χ3v) is 17.5. The number of carbonyl (C=O) groups excluding carboxylic acids is 5. The number of aryl methyl sites for hydroxylation is 4. The Bertz CT molecular complexity index is 4650. The van der Waals surface area contributed by atoms with Crippen molar-refractivity contribution in [2.24, 2.45) is 28.2 Å². The van der Waals surface area contributed by atoms with Crippen LogP contribution < -0.4 is 61.5 Å². The first-order chi connectivity index (χ1) is 38.6. The maximum Gasteiger partial charge on any atom is 1.00 e. The normalized spacial score (nSPS) is 12.4. The molecule has 8 aromatic rings. The van der Waals surface area contributed by atoms with Gasteiger partial charge in [-0.05, 0) is 72.8 Å². The number of hydrogen-bond donors (Lipinski definition) is 12. The summed E-state index contributed by atoms with van der Waals surface area (Å²) in [6.07, 6.45) is 5.27. The van der Waals surface area contributed by atoms with Crippen LogP contribution in [0.5, 0.6) is 0 Å². The van der Waals surface area contributed by atoms with Crippen molar-refractivity contribution in [2.75, 3.05) is 31.9 Å². The van der Waals surface area contributed by atoms with Crippen LogP contribution in [-0.4, -0.2) is 126 Å². The molecule has 85 heavy (non-hydrogen) atoms. The number of carbonyl (C=O) groups is 5. The second kappa shape index (κ2) is 22.9. The molecule has 0 atom stereocenters. The number of nitrogens with one attached hydrogen (secondary N) is 6. The van der Waals surface area contributed by atoms with Crippen LogP contribution >= 0.6 is 0 Å². The molecule has 33 nitrogen and oxygen atoms in total. The molecule has 0 unspecified atom stereocenters. The third kappa shape index (κ3) is 13.8. The summed E-state index contributed by atoms with van der Waals surface area (Å²) in [4.78, 5) is 60.4. The number of fused-ring (bicyclic) bond motifs is 2. The number of hydrogen-bond acceptors (Lipinski definition) is 17. The Labute approximate surface area is 501 Å². The molecule has 0 spiro atoms. The Kier molecular flexibility index (Phi) is 17.4. The summed E-state index contributed by atoms with van der Waals surface area (Å²) in [5, 5.41) is 11.5. The maximum absolute atomic E-state index is 13.6. The zero-order valence-electron chi connectivity index (χ0n) is 43.6. The van der Waals surface area contributed by atoms with E-state index in [0.717, 1.165) is 24.3 Å². The minimum atomic E-state index is -5.44. The second-order valence-corrected chi connectivity index (χ2v) is 26.5. The summed E-state index contributed by atoms with van der Waals surface area (Å²) < 4.78 is 211. The Morgan fingerprint density at radius 1 is 0.341 bits per heavy atom. The first-order valence-electron chi connectivity index (χ1n) is 22.7. The van der Waals surface area contributed by atoms with Gasteiger partial charge < -0.3 is 50.2 Å². The molecule has 0 saturated carbocycles. The van der Waals surface area contributed by atoms with Gasteiger partial charge in [-0.15, -0.1) is 0 Å². The standard InChI is InChI=1S/C45H40N10O23S6.Na/c1-52-17-21(9-33(52)43(58)50-29-5-7-35(81(67,68)69)27-13-25(79(61,62)63)15-37(39(27)29)83(73,74)75)46-41(56)31-11-23(19-54(31)3)48-45(60)49-24-12-32(55(4)20-24)42(57)47-22-10-34(53(2)18-22)44(59)51-30-6-8-36(82(70,71)72)28-14-26(80(64,65)66)16-38(40(28)30)84(76,77)78;/h5-20H,1-4H3,(H,46,56)(H,47,57)(H,50,58)(H,51,59)(H2,48,49,60)(H,61,62,63)(H,64,65,66)(H,67,68,69)(H,70,71,72)(H,73,74,75)(H,76,77,78);/q;+1. The van der Waals surface area contributed by atoms with Gasteiger partial charge >= 0.3 is 35.6 Å². The molecule has 0 aliphatic rings. The zero-order chi connectivity index (χ0) is 62.3. The van der Waals surface area contributed by atoms with E-state index < -0.39 is 153 Å². The number of amides is 6.